The van der Waals surface area contributed by atoms with Crippen LogP contribution in [0.25, 0.3) is 11.4 Å². The number of thioether (sulfide) groups is 1. The smallest absolute Gasteiger partial charge is 0.286 e. The van der Waals surface area contributed by atoms with Crippen LogP contribution in [0.15, 0.2) is 58.3 Å². The molecule has 0 saturated carbocycles. The van der Waals surface area contributed by atoms with Gasteiger partial charge in [-0.2, -0.15) is 4.98 Å². The third-order valence-electron chi connectivity index (χ3n) is 2.99. The van der Waals surface area contributed by atoms with Crippen molar-refractivity contribution in [2.24, 2.45) is 0 Å². The predicted molar refractivity (Wildman–Crippen MR) is 85.5 cm³/mol. The monoisotopic (exact) mass is 316 g/mol. The second-order valence-corrected chi connectivity index (χ2v) is 6.03. The van der Waals surface area contributed by atoms with E-state index in [4.69, 9.17) is 16.1 Å². The summed E-state index contributed by atoms with van der Waals surface area (Å²) < 4.78 is 5.27. The first-order valence-electron chi connectivity index (χ1n) is 6.49. The Morgan fingerprint density at radius 1 is 1.05 bits per heavy atom. The van der Waals surface area contributed by atoms with E-state index in [0.29, 0.717) is 11.0 Å². The minimum absolute atomic E-state index is 0.570. The molecule has 0 amide bonds. The van der Waals surface area contributed by atoms with Crippen LogP contribution in [0.5, 0.6) is 0 Å². The molecule has 3 aromatic rings. The Morgan fingerprint density at radius 2 is 1.76 bits per heavy atom. The van der Waals surface area contributed by atoms with Crippen molar-refractivity contribution in [2.75, 3.05) is 0 Å². The molecule has 0 unspecified atom stereocenters. The molecule has 0 N–H and O–H groups in total. The average molecular weight is 317 g/mol. The molecule has 1 aromatic heterocycles. The Hall–Kier alpha value is -1.78. The van der Waals surface area contributed by atoms with Crippen LogP contribution < -0.4 is 0 Å². The van der Waals surface area contributed by atoms with Crippen LogP contribution in [0, 0.1) is 6.92 Å². The summed E-state index contributed by atoms with van der Waals surface area (Å²) in [7, 11) is 0. The van der Waals surface area contributed by atoms with Crippen LogP contribution in [-0.2, 0) is 5.75 Å². The van der Waals surface area contributed by atoms with E-state index >= 15 is 0 Å². The van der Waals surface area contributed by atoms with E-state index in [1.165, 1.54) is 22.9 Å². The lowest BCUT2D eigenvalue weighted by atomic mass is 10.1. The molecule has 0 bridgehead atoms. The van der Waals surface area contributed by atoms with Crippen LogP contribution in [0.3, 0.4) is 0 Å². The van der Waals surface area contributed by atoms with Crippen molar-refractivity contribution in [3.8, 4) is 11.4 Å². The standard InChI is InChI=1S/C16H13ClN2OS/c1-11-2-6-13(7-3-11)15-18-16(20-19-15)21-10-12-4-8-14(17)9-5-12/h2-9H,10H2,1H3. The van der Waals surface area contributed by atoms with Gasteiger partial charge in [-0.3, -0.25) is 0 Å². The van der Waals surface area contributed by atoms with Gasteiger partial charge in [0.25, 0.3) is 5.22 Å². The summed E-state index contributed by atoms with van der Waals surface area (Å²) in [6, 6.07) is 15.8. The average Bonchev–Trinajstić information content (AvgIpc) is 2.96. The third-order valence-corrected chi connectivity index (χ3v) is 4.14. The van der Waals surface area contributed by atoms with Crippen LogP contribution in [0.1, 0.15) is 11.1 Å². The summed E-state index contributed by atoms with van der Waals surface area (Å²) in [4.78, 5) is 4.40. The Balaban J connectivity index is 1.67. The summed E-state index contributed by atoms with van der Waals surface area (Å²) in [5.41, 5.74) is 3.33. The fourth-order valence-corrected chi connectivity index (χ4v) is 2.66. The molecule has 5 heteroatoms. The molecule has 21 heavy (non-hydrogen) atoms. The molecule has 0 spiro atoms. The molecule has 0 atom stereocenters. The van der Waals surface area contributed by atoms with E-state index in [1.54, 1.807) is 0 Å². The summed E-state index contributed by atoms with van der Waals surface area (Å²) in [6.07, 6.45) is 0. The lowest BCUT2D eigenvalue weighted by Gasteiger charge is -1.97. The number of rotatable bonds is 4. The second kappa shape index (κ2) is 6.33. The molecule has 0 radical (unpaired) electrons. The maximum atomic E-state index is 5.86. The Kier molecular flexibility index (Phi) is 4.27. The quantitative estimate of drug-likeness (QED) is 0.636. The Labute approximate surface area is 132 Å². The molecule has 0 aliphatic carbocycles. The zero-order chi connectivity index (χ0) is 14.7. The van der Waals surface area contributed by atoms with Crippen LogP contribution >= 0.6 is 23.4 Å². The maximum Gasteiger partial charge on any atom is 0.286 e. The van der Waals surface area contributed by atoms with Crippen molar-refractivity contribution in [1.82, 2.24) is 10.1 Å². The number of aromatic nitrogens is 2. The van der Waals surface area contributed by atoms with Crippen LogP contribution in [-0.4, -0.2) is 10.1 Å². The molecule has 1 heterocycles. The normalized spacial score (nSPS) is 10.8. The first kappa shape index (κ1) is 14.2. The van der Waals surface area contributed by atoms with Crippen molar-refractivity contribution in [1.29, 1.82) is 0 Å². The van der Waals surface area contributed by atoms with Gasteiger partial charge in [-0.15, -0.1) is 0 Å². The number of benzene rings is 2. The summed E-state index contributed by atoms with van der Waals surface area (Å²) in [5.74, 6) is 1.39. The van der Waals surface area contributed by atoms with Gasteiger partial charge in [0.1, 0.15) is 0 Å². The molecule has 106 valence electrons. The van der Waals surface area contributed by atoms with Gasteiger partial charge < -0.3 is 4.52 Å². The second-order valence-electron chi connectivity index (χ2n) is 4.67. The topological polar surface area (TPSA) is 38.9 Å². The van der Waals surface area contributed by atoms with Gasteiger partial charge in [0, 0.05) is 16.3 Å². The summed E-state index contributed by atoms with van der Waals surface area (Å²) in [6.45, 7) is 2.05. The highest BCUT2D eigenvalue weighted by Crippen LogP contribution is 2.25. The molecular weight excluding hydrogens is 304 g/mol. The lowest BCUT2D eigenvalue weighted by molar-refractivity contribution is 0.341. The van der Waals surface area contributed by atoms with Crippen molar-refractivity contribution in [3.63, 3.8) is 0 Å². The molecule has 0 aliphatic rings. The van der Waals surface area contributed by atoms with Crippen LogP contribution in [0.4, 0.5) is 0 Å². The highest BCUT2D eigenvalue weighted by atomic mass is 35.5. The van der Waals surface area contributed by atoms with E-state index in [2.05, 4.69) is 10.1 Å². The fraction of sp³-hybridized carbons (Fsp3) is 0.125. The summed E-state index contributed by atoms with van der Waals surface area (Å²) in [5, 5.41) is 5.32. The molecule has 0 aliphatic heterocycles. The first-order chi connectivity index (χ1) is 10.2. The number of nitrogens with zero attached hydrogens (tertiary/aromatic N) is 2. The summed E-state index contributed by atoms with van der Waals surface area (Å²) >= 11 is 7.38. The van der Waals surface area contributed by atoms with Crippen molar-refractivity contribution in [3.05, 3.63) is 64.7 Å². The zero-order valence-electron chi connectivity index (χ0n) is 11.4. The van der Waals surface area contributed by atoms with Crippen LogP contribution in [0.2, 0.25) is 5.02 Å². The van der Waals surface area contributed by atoms with Gasteiger partial charge >= 0.3 is 0 Å². The van der Waals surface area contributed by atoms with Gasteiger partial charge in [0.2, 0.25) is 5.82 Å². The highest BCUT2D eigenvalue weighted by molar-refractivity contribution is 7.98. The van der Waals surface area contributed by atoms with Gasteiger partial charge in [-0.25, -0.2) is 0 Å². The van der Waals surface area contributed by atoms with Gasteiger partial charge in [0.15, 0.2) is 0 Å². The minimum atomic E-state index is 0.570. The molecule has 3 nitrogen and oxygen atoms in total. The van der Waals surface area contributed by atoms with Gasteiger partial charge in [-0.1, -0.05) is 70.5 Å². The number of aryl methyl sites for hydroxylation is 1. The molecule has 2 aromatic carbocycles. The minimum Gasteiger partial charge on any atom is -0.327 e. The first-order valence-corrected chi connectivity index (χ1v) is 7.85. The highest BCUT2D eigenvalue weighted by Gasteiger charge is 2.09. The lowest BCUT2D eigenvalue weighted by Crippen LogP contribution is -1.82. The van der Waals surface area contributed by atoms with E-state index < -0.39 is 0 Å². The fourth-order valence-electron chi connectivity index (χ4n) is 1.81. The maximum absolute atomic E-state index is 5.86. The largest absolute Gasteiger partial charge is 0.327 e. The molecular formula is C16H13ClN2OS. The van der Waals surface area contributed by atoms with E-state index in [0.717, 1.165) is 16.3 Å². The molecule has 0 fully saturated rings. The van der Waals surface area contributed by atoms with Crippen molar-refractivity contribution >= 4 is 23.4 Å². The number of hydrogen-bond donors (Lipinski definition) is 0. The zero-order valence-corrected chi connectivity index (χ0v) is 13.0. The Morgan fingerprint density at radius 3 is 2.48 bits per heavy atom. The van der Waals surface area contributed by atoms with Crippen molar-refractivity contribution in [2.45, 2.75) is 17.9 Å². The van der Waals surface area contributed by atoms with E-state index in [1.807, 2.05) is 55.5 Å². The van der Waals surface area contributed by atoms with E-state index in [-0.39, 0.29) is 0 Å². The SMILES string of the molecule is Cc1ccc(-c2noc(SCc3ccc(Cl)cc3)n2)cc1. The predicted octanol–water partition coefficient (Wildman–Crippen LogP) is 4.99. The van der Waals surface area contributed by atoms with Gasteiger partial charge in [-0.05, 0) is 24.6 Å². The Bertz CT molecular complexity index is 723. The number of halogens is 1. The number of hydrogen-bond acceptors (Lipinski definition) is 4. The molecule has 0 saturated heterocycles. The van der Waals surface area contributed by atoms with E-state index in [9.17, 15) is 0 Å². The third kappa shape index (κ3) is 3.65. The van der Waals surface area contributed by atoms with Crippen molar-refractivity contribution < 1.29 is 4.52 Å². The van der Waals surface area contributed by atoms with Gasteiger partial charge in [0.05, 0.1) is 0 Å². The molecule has 3 rings (SSSR count).